The van der Waals surface area contributed by atoms with Crippen molar-refractivity contribution in [1.29, 1.82) is 0 Å². The average molecular weight is 390 g/mol. The zero-order valence-electron chi connectivity index (χ0n) is 14.0. The third kappa shape index (κ3) is 3.10. The SMILES string of the molecule is Cc1cc(C(=O)Nc2nc3c(s2)CN(C(=O)c2snnc2C)CC3)no1. The first-order valence-electron chi connectivity index (χ1n) is 7.82. The second-order valence-electron chi connectivity index (χ2n) is 5.83. The Morgan fingerprint density at radius 3 is 2.88 bits per heavy atom. The number of carbonyl (C=O) groups is 2. The standard InChI is InChI=1S/C15H14N6O3S2/c1-7-5-10(19-24-7)13(22)17-15-16-9-3-4-21(6-11(9)25-15)14(23)12-8(2)18-20-26-12/h5H,3-4,6H2,1-2H3,(H,16,17,22). The van der Waals surface area contributed by atoms with Crippen LogP contribution in [0.25, 0.3) is 0 Å². The monoisotopic (exact) mass is 390 g/mol. The van der Waals surface area contributed by atoms with Gasteiger partial charge in [-0.25, -0.2) is 4.98 Å². The fourth-order valence-corrected chi connectivity index (χ4v) is 4.27. The van der Waals surface area contributed by atoms with Crippen LogP contribution in [-0.2, 0) is 13.0 Å². The van der Waals surface area contributed by atoms with Crippen molar-refractivity contribution < 1.29 is 14.1 Å². The Hall–Kier alpha value is -2.66. The topological polar surface area (TPSA) is 114 Å². The number of anilines is 1. The first-order valence-corrected chi connectivity index (χ1v) is 9.41. The van der Waals surface area contributed by atoms with Crippen molar-refractivity contribution >= 4 is 39.8 Å². The van der Waals surface area contributed by atoms with E-state index in [0.717, 1.165) is 22.1 Å². The van der Waals surface area contributed by atoms with Crippen molar-refractivity contribution in [1.82, 2.24) is 24.6 Å². The fraction of sp³-hybridized carbons (Fsp3) is 0.333. The lowest BCUT2D eigenvalue weighted by Crippen LogP contribution is -2.35. The molecule has 0 fully saturated rings. The molecule has 0 atom stereocenters. The van der Waals surface area contributed by atoms with Gasteiger partial charge in [-0.3, -0.25) is 14.9 Å². The molecule has 0 saturated carbocycles. The first-order chi connectivity index (χ1) is 12.5. The summed E-state index contributed by atoms with van der Waals surface area (Å²) in [5.74, 6) is 0.128. The molecule has 0 aromatic carbocycles. The molecule has 0 aliphatic carbocycles. The Bertz CT molecular complexity index is 991. The van der Waals surface area contributed by atoms with Gasteiger partial charge in [-0.2, -0.15) is 0 Å². The maximum absolute atomic E-state index is 12.6. The molecule has 0 spiro atoms. The van der Waals surface area contributed by atoms with Crippen molar-refractivity contribution in [2.75, 3.05) is 11.9 Å². The highest BCUT2D eigenvalue weighted by molar-refractivity contribution is 7.16. The third-order valence-corrected chi connectivity index (χ3v) is 5.76. The molecule has 0 unspecified atom stereocenters. The fourth-order valence-electron chi connectivity index (χ4n) is 2.63. The number of fused-ring (bicyclic) bond motifs is 1. The Morgan fingerprint density at radius 1 is 1.35 bits per heavy atom. The normalized spacial score (nSPS) is 13.5. The highest BCUT2D eigenvalue weighted by Gasteiger charge is 2.27. The van der Waals surface area contributed by atoms with E-state index in [1.165, 1.54) is 11.3 Å². The number of rotatable bonds is 3. The van der Waals surface area contributed by atoms with Crippen LogP contribution in [0.15, 0.2) is 10.6 Å². The van der Waals surface area contributed by atoms with E-state index in [4.69, 9.17) is 4.52 Å². The molecule has 0 radical (unpaired) electrons. The van der Waals surface area contributed by atoms with Gasteiger partial charge in [-0.1, -0.05) is 21.0 Å². The quantitative estimate of drug-likeness (QED) is 0.728. The van der Waals surface area contributed by atoms with Crippen molar-refractivity contribution in [2.45, 2.75) is 26.8 Å². The van der Waals surface area contributed by atoms with Gasteiger partial charge in [0.15, 0.2) is 10.8 Å². The number of aromatic nitrogens is 4. The van der Waals surface area contributed by atoms with Crippen LogP contribution in [0.2, 0.25) is 0 Å². The lowest BCUT2D eigenvalue weighted by Gasteiger charge is -2.25. The van der Waals surface area contributed by atoms with Gasteiger partial charge >= 0.3 is 0 Å². The molecule has 3 aromatic heterocycles. The number of amides is 2. The van der Waals surface area contributed by atoms with Crippen LogP contribution in [0, 0.1) is 13.8 Å². The van der Waals surface area contributed by atoms with E-state index in [2.05, 4.69) is 25.0 Å². The van der Waals surface area contributed by atoms with Gasteiger partial charge in [-0.15, -0.1) is 5.10 Å². The number of hydrogen-bond donors (Lipinski definition) is 1. The van der Waals surface area contributed by atoms with Crippen LogP contribution in [0.5, 0.6) is 0 Å². The summed E-state index contributed by atoms with van der Waals surface area (Å²) in [7, 11) is 0. The predicted octanol–water partition coefficient (Wildman–Crippen LogP) is 2.05. The zero-order chi connectivity index (χ0) is 18.3. The molecule has 11 heteroatoms. The molecular weight excluding hydrogens is 376 g/mol. The minimum Gasteiger partial charge on any atom is -0.361 e. The van der Waals surface area contributed by atoms with Crippen molar-refractivity contribution in [3.8, 4) is 0 Å². The summed E-state index contributed by atoms with van der Waals surface area (Å²) in [6, 6.07) is 1.56. The molecule has 2 amide bonds. The van der Waals surface area contributed by atoms with Crippen molar-refractivity contribution in [2.24, 2.45) is 0 Å². The number of nitrogens with zero attached hydrogens (tertiary/aromatic N) is 5. The molecule has 1 aliphatic heterocycles. The summed E-state index contributed by atoms with van der Waals surface area (Å²) in [6.07, 6.45) is 0.641. The summed E-state index contributed by atoms with van der Waals surface area (Å²) in [4.78, 5) is 32.5. The largest absolute Gasteiger partial charge is 0.361 e. The minimum atomic E-state index is -0.368. The smallest absolute Gasteiger partial charge is 0.279 e. The van der Waals surface area contributed by atoms with E-state index in [0.29, 0.717) is 41.0 Å². The molecule has 134 valence electrons. The van der Waals surface area contributed by atoms with E-state index in [-0.39, 0.29) is 17.5 Å². The summed E-state index contributed by atoms with van der Waals surface area (Å²) in [6.45, 7) is 4.53. The van der Waals surface area contributed by atoms with E-state index in [1.807, 2.05) is 0 Å². The summed E-state index contributed by atoms with van der Waals surface area (Å²) < 4.78 is 8.73. The van der Waals surface area contributed by atoms with Crippen molar-refractivity contribution in [3.05, 3.63) is 38.7 Å². The third-order valence-electron chi connectivity index (χ3n) is 3.95. The van der Waals surface area contributed by atoms with Gasteiger partial charge in [0.25, 0.3) is 11.8 Å². The first kappa shape index (κ1) is 16.8. The van der Waals surface area contributed by atoms with E-state index >= 15 is 0 Å². The lowest BCUT2D eigenvalue weighted by molar-refractivity contribution is 0.0740. The number of thiazole rings is 1. The minimum absolute atomic E-state index is 0.0693. The molecule has 0 saturated heterocycles. The maximum atomic E-state index is 12.6. The van der Waals surface area contributed by atoms with Crippen molar-refractivity contribution in [3.63, 3.8) is 0 Å². The van der Waals surface area contributed by atoms with E-state index < -0.39 is 0 Å². The summed E-state index contributed by atoms with van der Waals surface area (Å²) in [5.41, 5.74) is 1.76. The van der Waals surface area contributed by atoms with Crippen LogP contribution < -0.4 is 5.32 Å². The molecule has 3 aromatic rings. The van der Waals surface area contributed by atoms with Gasteiger partial charge in [0, 0.05) is 23.9 Å². The molecule has 26 heavy (non-hydrogen) atoms. The molecular formula is C15H14N6O3S2. The van der Waals surface area contributed by atoms with Gasteiger partial charge in [0.1, 0.15) is 10.6 Å². The van der Waals surface area contributed by atoms with Crippen LogP contribution in [0.1, 0.15) is 42.2 Å². The van der Waals surface area contributed by atoms with Gasteiger partial charge in [0.05, 0.1) is 17.9 Å². The Kier molecular flexibility index (Phi) is 4.24. The highest BCUT2D eigenvalue weighted by atomic mass is 32.1. The van der Waals surface area contributed by atoms with Crippen LogP contribution in [-0.4, -0.2) is 43.0 Å². The lowest BCUT2D eigenvalue weighted by atomic mass is 10.1. The molecule has 9 nitrogen and oxygen atoms in total. The predicted molar refractivity (Wildman–Crippen MR) is 94.4 cm³/mol. The molecule has 4 heterocycles. The van der Waals surface area contributed by atoms with E-state index in [1.54, 1.807) is 24.8 Å². The van der Waals surface area contributed by atoms with Crippen LogP contribution >= 0.6 is 22.9 Å². The van der Waals surface area contributed by atoms with Gasteiger partial charge in [0.2, 0.25) is 0 Å². The van der Waals surface area contributed by atoms with E-state index in [9.17, 15) is 9.59 Å². The molecule has 0 bridgehead atoms. The number of nitrogens with one attached hydrogen (secondary N) is 1. The van der Waals surface area contributed by atoms with Gasteiger partial charge in [-0.05, 0) is 25.4 Å². The number of hydrogen-bond acceptors (Lipinski definition) is 9. The van der Waals surface area contributed by atoms with Crippen LogP contribution in [0.4, 0.5) is 5.13 Å². The van der Waals surface area contributed by atoms with Gasteiger partial charge < -0.3 is 9.42 Å². The maximum Gasteiger partial charge on any atom is 0.279 e. The Morgan fingerprint density at radius 2 is 2.19 bits per heavy atom. The second-order valence-corrected chi connectivity index (χ2v) is 7.67. The molecule has 4 rings (SSSR count). The molecule has 1 aliphatic rings. The highest BCUT2D eigenvalue weighted by Crippen LogP contribution is 2.29. The second kappa shape index (κ2) is 6.57. The summed E-state index contributed by atoms with van der Waals surface area (Å²) in [5, 5.41) is 10.8. The summed E-state index contributed by atoms with van der Waals surface area (Å²) >= 11 is 2.47. The zero-order valence-corrected chi connectivity index (χ0v) is 15.6. The average Bonchev–Trinajstić information content (AvgIpc) is 3.32. The Labute approximate surface area is 156 Å². The number of aryl methyl sites for hydroxylation is 2. The number of carbonyl (C=O) groups excluding carboxylic acids is 2. The Balaban J connectivity index is 1.48. The van der Waals surface area contributed by atoms with Crippen LogP contribution in [0.3, 0.4) is 0 Å². The molecule has 1 N–H and O–H groups in total.